The van der Waals surface area contributed by atoms with Crippen LogP contribution in [-0.4, -0.2) is 61.0 Å². The fourth-order valence-corrected chi connectivity index (χ4v) is 2.99. The molecule has 1 aliphatic heterocycles. The molecule has 1 aliphatic rings. The molecular weight excluding hydrogens is 247 g/mol. The lowest BCUT2D eigenvalue weighted by Crippen LogP contribution is -2.51. The van der Waals surface area contributed by atoms with E-state index in [0.29, 0.717) is 11.8 Å². The molecule has 0 spiro atoms. The van der Waals surface area contributed by atoms with Crippen molar-refractivity contribution in [1.29, 1.82) is 0 Å². The molecule has 90 valence electrons. The number of aliphatic hydroxyl groups excluding tert-OH is 3. The summed E-state index contributed by atoms with van der Waals surface area (Å²) < 4.78 is 15.5. The first kappa shape index (κ1) is 13.4. The van der Waals surface area contributed by atoms with Crippen LogP contribution >= 0.6 is 19.4 Å². The quantitative estimate of drug-likeness (QED) is 0.380. The molecule has 4 atom stereocenters. The molecule has 15 heavy (non-hydrogen) atoms. The van der Waals surface area contributed by atoms with Gasteiger partial charge in [-0.15, -0.1) is 11.8 Å². The Balaban J connectivity index is 2.46. The molecule has 0 aromatic heterocycles. The Hall–Kier alpha value is 0.340. The summed E-state index contributed by atoms with van der Waals surface area (Å²) in [5.41, 5.74) is -1.44. The molecule has 0 aliphatic carbocycles. The van der Waals surface area contributed by atoms with E-state index in [0.717, 1.165) is 0 Å². The summed E-state index contributed by atoms with van der Waals surface area (Å²) in [5, 5.41) is 27.8. The van der Waals surface area contributed by atoms with Gasteiger partial charge in [-0.3, -0.25) is 4.57 Å². The maximum atomic E-state index is 10.6. The number of aliphatic hydroxyl groups is 3. The van der Waals surface area contributed by atoms with Crippen LogP contribution in [0.4, 0.5) is 0 Å². The first-order valence-electron chi connectivity index (χ1n) is 4.13. The fraction of sp³-hybridized carbons (Fsp3) is 1.00. The number of thioether (sulfide) groups is 1. The lowest BCUT2D eigenvalue weighted by atomic mass is 10.1. The van der Waals surface area contributed by atoms with Crippen molar-refractivity contribution in [2.24, 2.45) is 0 Å². The fourth-order valence-electron chi connectivity index (χ4n) is 1.10. The lowest BCUT2D eigenvalue weighted by molar-refractivity contribution is -0.161. The van der Waals surface area contributed by atoms with Crippen molar-refractivity contribution in [3.63, 3.8) is 0 Å². The van der Waals surface area contributed by atoms with Crippen LogP contribution in [0.1, 0.15) is 0 Å². The van der Waals surface area contributed by atoms with E-state index in [1.807, 2.05) is 0 Å². The molecule has 0 bridgehead atoms. The van der Waals surface area contributed by atoms with Gasteiger partial charge in [0.15, 0.2) is 0 Å². The van der Waals surface area contributed by atoms with Crippen molar-refractivity contribution >= 4 is 19.4 Å². The van der Waals surface area contributed by atoms with E-state index in [2.05, 4.69) is 0 Å². The molecule has 0 unspecified atom stereocenters. The normalized spacial score (nSPS) is 37.9. The van der Waals surface area contributed by atoms with Crippen molar-refractivity contribution in [2.75, 3.05) is 12.1 Å². The number of hydrogen-bond donors (Lipinski definition) is 5. The van der Waals surface area contributed by atoms with Crippen LogP contribution < -0.4 is 0 Å². The standard InChI is InChI=1S/C6H13O7PS/c7-3-1-13-6(5(9)4(3)8)15-2-14(10,11)12/h3-9H,1-2H2,(H2,10,11,12)/t3-,4-,5+,6-/m0/s1. The summed E-state index contributed by atoms with van der Waals surface area (Å²) in [7, 11) is -4.17. The molecular formula is C6H13O7PS. The molecule has 0 saturated carbocycles. The first-order valence-corrected chi connectivity index (χ1v) is 6.98. The van der Waals surface area contributed by atoms with Gasteiger partial charge in [-0.25, -0.2) is 0 Å². The molecule has 0 aromatic rings. The third-order valence-corrected chi connectivity index (χ3v) is 4.55. The maximum Gasteiger partial charge on any atom is 0.335 e. The van der Waals surface area contributed by atoms with Crippen molar-refractivity contribution in [2.45, 2.75) is 23.7 Å². The predicted molar refractivity (Wildman–Crippen MR) is 52.3 cm³/mol. The SMILES string of the molecule is O=P(O)(O)CS[C@@H]1OC[C@H](O)[C@H](O)[C@H]1O. The van der Waals surface area contributed by atoms with Gasteiger partial charge in [0.05, 0.1) is 12.1 Å². The van der Waals surface area contributed by atoms with Crippen LogP contribution in [0.25, 0.3) is 0 Å². The highest BCUT2D eigenvalue weighted by molar-refractivity contribution is 8.04. The zero-order valence-corrected chi connectivity index (χ0v) is 9.34. The predicted octanol–water partition coefficient (Wildman–Crippen LogP) is -1.71. The minimum Gasteiger partial charge on any atom is -0.388 e. The van der Waals surface area contributed by atoms with Gasteiger partial charge < -0.3 is 29.8 Å². The topological polar surface area (TPSA) is 127 Å². The minimum absolute atomic E-state index is 0.170. The highest BCUT2D eigenvalue weighted by Crippen LogP contribution is 2.41. The second kappa shape index (κ2) is 5.11. The van der Waals surface area contributed by atoms with Gasteiger partial charge in [-0.05, 0) is 0 Å². The Morgan fingerprint density at radius 2 is 1.87 bits per heavy atom. The van der Waals surface area contributed by atoms with Crippen LogP contribution in [-0.2, 0) is 9.30 Å². The zero-order valence-electron chi connectivity index (χ0n) is 7.63. The summed E-state index contributed by atoms with van der Waals surface area (Å²) in [5.74, 6) is 0. The van der Waals surface area contributed by atoms with Crippen LogP contribution in [0, 0.1) is 0 Å². The summed E-state index contributed by atoms with van der Waals surface area (Å²) in [6.45, 7) is -0.170. The Morgan fingerprint density at radius 3 is 2.40 bits per heavy atom. The van der Waals surface area contributed by atoms with Gasteiger partial charge >= 0.3 is 7.60 Å². The second-order valence-electron chi connectivity index (χ2n) is 3.21. The van der Waals surface area contributed by atoms with Gasteiger partial charge in [0, 0.05) is 0 Å². The maximum absolute atomic E-state index is 10.6. The van der Waals surface area contributed by atoms with Crippen LogP contribution in [0.5, 0.6) is 0 Å². The number of ether oxygens (including phenoxy) is 1. The van der Waals surface area contributed by atoms with E-state index in [-0.39, 0.29) is 6.61 Å². The van der Waals surface area contributed by atoms with Gasteiger partial charge in [0.1, 0.15) is 23.7 Å². The van der Waals surface area contributed by atoms with E-state index in [9.17, 15) is 14.8 Å². The lowest BCUT2D eigenvalue weighted by Gasteiger charge is -2.34. The smallest absolute Gasteiger partial charge is 0.335 e. The molecule has 1 saturated heterocycles. The van der Waals surface area contributed by atoms with E-state index in [1.54, 1.807) is 0 Å². The first-order chi connectivity index (χ1) is 6.81. The molecule has 1 fully saturated rings. The molecule has 0 aromatic carbocycles. The highest BCUT2D eigenvalue weighted by atomic mass is 32.2. The van der Waals surface area contributed by atoms with E-state index in [1.165, 1.54) is 0 Å². The minimum atomic E-state index is -4.17. The van der Waals surface area contributed by atoms with Crippen molar-refractivity contribution in [3.8, 4) is 0 Å². The van der Waals surface area contributed by atoms with Crippen molar-refractivity contribution in [3.05, 3.63) is 0 Å². The Morgan fingerprint density at radius 1 is 1.27 bits per heavy atom. The van der Waals surface area contributed by atoms with E-state index in [4.69, 9.17) is 19.6 Å². The molecule has 9 heteroatoms. The van der Waals surface area contributed by atoms with Crippen LogP contribution in [0.15, 0.2) is 0 Å². The van der Waals surface area contributed by atoms with Gasteiger partial charge in [0.25, 0.3) is 0 Å². The third-order valence-electron chi connectivity index (χ3n) is 1.86. The van der Waals surface area contributed by atoms with Crippen LogP contribution in [0.2, 0.25) is 0 Å². The second-order valence-corrected chi connectivity index (χ2v) is 6.37. The summed E-state index contributed by atoms with van der Waals surface area (Å²) in [4.78, 5) is 17.2. The Kier molecular flexibility index (Phi) is 4.57. The van der Waals surface area contributed by atoms with Crippen molar-refractivity contribution in [1.82, 2.24) is 0 Å². The van der Waals surface area contributed by atoms with Gasteiger partial charge in [-0.2, -0.15) is 0 Å². The van der Waals surface area contributed by atoms with Gasteiger partial charge in [0.2, 0.25) is 0 Å². The number of rotatable bonds is 3. The van der Waals surface area contributed by atoms with Crippen LogP contribution in [0.3, 0.4) is 0 Å². The largest absolute Gasteiger partial charge is 0.388 e. The molecule has 0 radical (unpaired) electrons. The zero-order chi connectivity index (χ0) is 11.6. The molecule has 5 N–H and O–H groups in total. The molecule has 1 heterocycles. The average Bonchev–Trinajstić information content (AvgIpc) is 2.12. The number of hydrogen-bond acceptors (Lipinski definition) is 6. The molecule has 0 amide bonds. The highest BCUT2D eigenvalue weighted by Gasteiger charge is 2.38. The molecule has 1 rings (SSSR count). The summed E-state index contributed by atoms with van der Waals surface area (Å²) in [6.07, 6.45) is -3.88. The average molecular weight is 260 g/mol. The molecule has 7 nitrogen and oxygen atoms in total. The Bertz CT molecular complexity index is 256. The third kappa shape index (κ3) is 4.01. The Labute approximate surface area is 90.2 Å². The van der Waals surface area contributed by atoms with E-state index < -0.39 is 36.8 Å². The summed E-state index contributed by atoms with van der Waals surface area (Å²) in [6, 6.07) is 0. The van der Waals surface area contributed by atoms with E-state index >= 15 is 0 Å². The van der Waals surface area contributed by atoms with Crippen molar-refractivity contribution < 1.29 is 34.4 Å². The van der Waals surface area contributed by atoms with Gasteiger partial charge in [-0.1, -0.05) is 0 Å². The monoisotopic (exact) mass is 260 g/mol. The summed E-state index contributed by atoms with van der Waals surface area (Å²) >= 11 is 0.712.